The number of halogens is 3. The third kappa shape index (κ3) is 6.00. The number of carbonyl (C=O) groups is 1. The molecule has 0 radical (unpaired) electrons. The van der Waals surface area contributed by atoms with Gasteiger partial charge in [-0.15, -0.1) is 12.4 Å². The van der Waals surface area contributed by atoms with E-state index in [0.717, 1.165) is 22.9 Å². The van der Waals surface area contributed by atoms with E-state index in [1.807, 2.05) is 25.1 Å². The van der Waals surface area contributed by atoms with Crippen molar-refractivity contribution in [2.75, 3.05) is 6.54 Å². The van der Waals surface area contributed by atoms with E-state index in [-0.39, 0.29) is 18.3 Å². The van der Waals surface area contributed by atoms with Crippen LogP contribution in [-0.4, -0.2) is 18.0 Å². The van der Waals surface area contributed by atoms with Crippen molar-refractivity contribution in [3.63, 3.8) is 0 Å². The Bertz CT molecular complexity index is 453. The minimum Gasteiger partial charge on any atom is -0.354 e. The molecule has 0 fully saturated rings. The first-order chi connectivity index (χ1) is 8.86. The first kappa shape index (κ1) is 19.7. The molecule has 0 saturated heterocycles. The van der Waals surface area contributed by atoms with E-state index >= 15 is 0 Å². The van der Waals surface area contributed by atoms with Gasteiger partial charge < -0.3 is 11.1 Å². The van der Waals surface area contributed by atoms with Gasteiger partial charge in [0.15, 0.2) is 0 Å². The minimum absolute atomic E-state index is 0. The molecule has 1 unspecified atom stereocenters. The largest absolute Gasteiger partial charge is 0.354 e. The molecule has 3 nitrogen and oxygen atoms in total. The summed E-state index contributed by atoms with van der Waals surface area (Å²) in [6.45, 7) is 4.33. The van der Waals surface area contributed by atoms with E-state index in [4.69, 9.17) is 17.3 Å². The van der Waals surface area contributed by atoms with Gasteiger partial charge in [-0.1, -0.05) is 40.9 Å². The normalized spacial score (nSPS) is 13.2. The lowest BCUT2D eigenvalue weighted by Gasteiger charge is -2.22. The van der Waals surface area contributed by atoms with Crippen molar-refractivity contribution in [1.29, 1.82) is 0 Å². The van der Waals surface area contributed by atoms with Crippen LogP contribution in [-0.2, 0) is 11.2 Å². The van der Waals surface area contributed by atoms with Crippen LogP contribution >= 0.6 is 39.9 Å². The van der Waals surface area contributed by atoms with E-state index < -0.39 is 5.54 Å². The van der Waals surface area contributed by atoms with Crippen LogP contribution in [0.25, 0.3) is 0 Å². The van der Waals surface area contributed by atoms with Gasteiger partial charge in [0.25, 0.3) is 0 Å². The van der Waals surface area contributed by atoms with Crippen LogP contribution in [0.15, 0.2) is 22.7 Å². The molecule has 6 heteroatoms. The first-order valence-electron chi connectivity index (χ1n) is 6.38. The van der Waals surface area contributed by atoms with Gasteiger partial charge in [-0.2, -0.15) is 0 Å². The fourth-order valence-electron chi connectivity index (χ4n) is 1.88. The Hall–Kier alpha value is -0.290. The molecule has 20 heavy (non-hydrogen) atoms. The summed E-state index contributed by atoms with van der Waals surface area (Å²) < 4.78 is 0.996. The second kappa shape index (κ2) is 8.88. The van der Waals surface area contributed by atoms with Crippen molar-refractivity contribution >= 4 is 45.8 Å². The minimum atomic E-state index is -0.791. The molecule has 0 aliphatic rings. The summed E-state index contributed by atoms with van der Waals surface area (Å²) >= 11 is 9.41. The average Bonchev–Trinajstić information content (AvgIpc) is 2.33. The molecule has 0 spiro atoms. The van der Waals surface area contributed by atoms with Crippen molar-refractivity contribution in [1.82, 2.24) is 5.32 Å². The first-order valence-corrected chi connectivity index (χ1v) is 7.55. The zero-order valence-corrected chi connectivity index (χ0v) is 14.9. The maximum Gasteiger partial charge on any atom is 0.239 e. The predicted molar refractivity (Wildman–Crippen MR) is 90.6 cm³/mol. The van der Waals surface area contributed by atoms with Gasteiger partial charge in [-0.05, 0) is 43.5 Å². The summed E-state index contributed by atoms with van der Waals surface area (Å²) in [6.07, 6.45) is 2.29. The molecule has 1 amide bonds. The average molecular weight is 384 g/mol. The molecular weight excluding hydrogens is 363 g/mol. The molecule has 3 N–H and O–H groups in total. The van der Waals surface area contributed by atoms with Crippen LogP contribution in [0.2, 0.25) is 5.02 Å². The van der Waals surface area contributed by atoms with Crippen LogP contribution in [0.1, 0.15) is 32.3 Å². The molecule has 1 rings (SSSR count). The number of hydrogen-bond donors (Lipinski definition) is 2. The van der Waals surface area contributed by atoms with Crippen LogP contribution in [0.5, 0.6) is 0 Å². The number of rotatable bonds is 6. The molecular formula is C14H21BrCl2N2O. The number of nitrogens with one attached hydrogen (secondary N) is 1. The smallest absolute Gasteiger partial charge is 0.239 e. The third-order valence-corrected chi connectivity index (χ3v) is 3.98. The number of nitrogens with two attached hydrogens (primary N) is 1. The summed E-state index contributed by atoms with van der Waals surface area (Å²) in [6, 6.07) is 5.63. The Balaban J connectivity index is 0.00000361. The maximum absolute atomic E-state index is 11.9. The monoisotopic (exact) mass is 382 g/mol. The number of hydrogen-bond acceptors (Lipinski definition) is 2. The lowest BCUT2D eigenvalue weighted by atomic mass is 9.96. The number of benzene rings is 1. The van der Waals surface area contributed by atoms with Crippen LogP contribution in [0.4, 0.5) is 0 Å². The Morgan fingerprint density at radius 2 is 2.15 bits per heavy atom. The Morgan fingerprint density at radius 3 is 2.75 bits per heavy atom. The van der Waals surface area contributed by atoms with E-state index in [1.165, 1.54) is 0 Å². The van der Waals surface area contributed by atoms with Gasteiger partial charge in [0.05, 0.1) is 5.54 Å². The summed E-state index contributed by atoms with van der Waals surface area (Å²) in [4.78, 5) is 11.9. The van der Waals surface area contributed by atoms with Crippen molar-refractivity contribution in [2.24, 2.45) is 5.73 Å². The summed E-state index contributed by atoms with van der Waals surface area (Å²) in [5.41, 5.74) is 6.24. The Kier molecular flexibility index (Phi) is 8.75. The fourth-order valence-corrected chi connectivity index (χ4v) is 2.52. The molecule has 1 aromatic rings. The SMILES string of the molecule is CCCC(C)(N)C(=O)NCCc1cc(Cl)ccc1Br.Cl. The van der Waals surface area contributed by atoms with Gasteiger partial charge >= 0.3 is 0 Å². The second-order valence-electron chi connectivity index (χ2n) is 4.91. The molecule has 1 atom stereocenters. The van der Waals surface area contributed by atoms with E-state index in [1.54, 1.807) is 6.92 Å². The predicted octanol–water partition coefficient (Wildman–Crippen LogP) is 3.70. The summed E-state index contributed by atoms with van der Waals surface area (Å²) in [5, 5.41) is 3.57. The van der Waals surface area contributed by atoms with Gasteiger partial charge in [0, 0.05) is 16.0 Å². The third-order valence-electron chi connectivity index (χ3n) is 2.98. The Labute approximate surface area is 140 Å². The van der Waals surface area contributed by atoms with Crippen LogP contribution in [0.3, 0.4) is 0 Å². The van der Waals surface area contributed by atoms with Crippen molar-refractivity contribution in [2.45, 2.75) is 38.6 Å². The molecule has 0 aliphatic carbocycles. The van der Waals surface area contributed by atoms with Crippen molar-refractivity contribution in [3.8, 4) is 0 Å². The highest BCUT2D eigenvalue weighted by Gasteiger charge is 2.26. The molecule has 114 valence electrons. The van der Waals surface area contributed by atoms with E-state index in [9.17, 15) is 4.79 Å². The highest BCUT2D eigenvalue weighted by atomic mass is 79.9. The molecule has 0 saturated carbocycles. The van der Waals surface area contributed by atoms with Crippen LogP contribution in [0, 0.1) is 0 Å². The standard InChI is InChI=1S/C14H20BrClN2O.ClH/c1-3-7-14(2,17)13(19)18-8-6-10-9-11(16)4-5-12(10)15;/h4-5,9H,3,6-8,17H2,1-2H3,(H,18,19);1H. The highest BCUT2D eigenvalue weighted by Crippen LogP contribution is 2.21. The second-order valence-corrected chi connectivity index (χ2v) is 6.20. The number of carbonyl (C=O) groups excluding carboxylic acids is 1. The van der Waals surface area contributed by atoms with Crippen molar-refractivity contribution in [3.05, 3.63) is 33.3 Å². The summed E-state index contributed by atoms with van der Waals surface area (Å²) in [7, 11) is 0. The Morgan fingerprint density at radius 1 is 1.50 bits per heavy atom. The van der Waals surface area contributed by atoms with E-state index in [0.29, 0.717) is 18.0 Å². The molecule has 0 aromatic heterocycles. The topological polar surface area (TPSA) is 55.1 Å². The zero-order chi connectivity index (χ0) is 14.5. The molecule has 0 bridgehead atoms. The van der Waals surface area contributed by atoms with Gasteiger partial charge in [-0.3, -0.25) is 4.79 Å². The van der Waals surface area contributed by atoms with Gasteiger partial charge in [0.1, 0.15) is 0 Å². The quantitative estimate of drug-likeness (QED) is 0.786. The summed E-state index contributed by atoms with van der Waals surface area (Å²) in [5.74, 6) is -0.104. The van der Waals surface area contributed by atoms with Gasteiger partial charge in [0.2, 0.25) is 5.91 Å². The molecule has 0 aliphatic heterocycles. The zero-order valence-electron chi connectivity index (χ0n) is 11.7. The molecule has 1 aromatic carbocycles. The lowest BCUT2D eigenvalue weighted by Crippen LogP contribution is -2.51. The number of amides is 1. The van der Waals surface area contributed by atoms with E-state index in [2.05, 4.69) is 21.2 Å². The van der Waals surface area contributed by atoms with Crippen LogP contribution < -0.4 is 11.1 Å². The van der Waals surface area contributed by atoms with Crippen molar-refractivity contribution < 1.29 is 4.79 Å². The maximum atomic E-state index is 11.9. The highest BCUT2D eigenvalue weighted by molar-refractivity contribution is 9.10. The lowest BCUT2D eigenvalue weighted by molar-refractivity contribution is -0.126. The van der Waals surface area contributed by atoms with Gasteiger partial charge in [-0.25, -0.2) is 0 Å². The fraction of sp³-hybridized carbons (Fsp3) is 0.500. The molecule has 0 heterocycles.